The fourth-order valence-corrected chi connectivity index (χ4v) is 3.10. The average molecular weight is 353 g/mol. The van der Waals surface area contributed by atoms with Gasteiger partial charge >= 0.3 is 0 Å². The molecule has 0 amide bonds. The molecule has 6 nitrogen and oxygen atoms in total. The molecule has 0 aliphatic carbocycles. The topological polar surface area (TPSA) is 80.2 Å². The van der Waals surface area contributed by atoms with Gasteiger partial charge in [0.25, 0.3) is 0 Å². The summed E-state index contributed by atoms with van der Waals surface area (Å²) in [4.78, 5) is 7.61. The SMILES string of the molecule is CCCCOc1ccc([C@@H]2C(C#N)=C(C)Oc3nc(C)[nH]c32)cc1OC. The molecular weight excluding hydrogens is 330 g/mol. The van der Waals surface area contributed by atoms with Crippen molar-refractivity contribution in [1.82, 2.24) is 9.97 Å². The monoisotopic (exact) mass is 353 g/mol. The van der Waals surface area contributed by atoms with Gasteiger partial charge in [0.15, 0.2) is 11.5 Å². The van der Waals surface area contributed by atoms with Crippen LogP contribution in [0, 0.1) is 18.3 Å². The summed E-state index contributed by atoms with van der Waals surface area (Å²) in [6, 6.07) is 8.06. The molecule has 2 heterocycles. The zero-order chi connectivity index (χ0) is 18.7. The van der Waals surface area contributed by atoms with Crippen molar-refractivity contribution in [1.29, 1.82) is 5.26 Å². The summed E-state index contributed by atoms with van der Waals surface area (Å²) in [5.41, 5.74) is 2.27. The average Bonchev–Trinajstić information content (AvgIpc) is 3.00. The highest BCUT2D eigenvalue weighted by Crippen LogP contribution is 2.43. The van der Waals surface area contributed by atoms with Crippen LogP contribution < -0.4 is 14.2 Å². The minimum absolute atomic E-state index is 0.274. The predicted molar refractivity (Wildman–Crippen MR) is 97.5 cm³/mol. The van der Waals surface area contributed by atoms with E-state index >= 15 is 0 Å². The van der Waals surface area contributed by atoms with Gasteiger partial charge in [-0.05, 0) is 38.0 Å². The van der Waals surface area contributed by atoms with Gasteiger partial charge in [-0.15, -0.1) is 0 Å². The molecule has 0 unspecified atom stereocenters. The Morgan fingerprint density at radius 3 is 2.81 bits per heavy atom. The van der Waals surface area contributed by atoms with Gasteiger partial charge in [-0.1, -0.05) is 19.4 Å². The van der Waals surface area contributed by atoms with E-state index in [1.54, 1.807) is 14.0 Å². The Kier molecular flexibility index (Phi) is 5.17. The molecule has 0 bridgehead atoms. The number of benzene rings is 1. The lowest BCUT2D eigenvalue weighted by atomic mass is 9.87. The van der Waals surface area contributed by atoms with E-state index in [9.17, 15) is 5.26 Å². The number of fused-ring (bicyclic) bond motifs is 1. The van der Waals surface area contributed by atoms with Crippen molar-refractivity contribution in [2.24, 2.45) is 0 Å². The maximum Gasteiger partial charge on any atom is 0.241 e. The Hall–Kier alpha value is -2.94. The first-order valence-electron chi connectivity index (χ1n) is 8.75. The number of nitriles is 1. The van der Waals surface area contributed by atoms with Gasteiger partial charge in [-0.2, -0.15) is 10.2 Å². The van der Waals surface area contributed by atoms with Crippen LogP contribution in [0.25, 0.3) is 0 Å². The summed E-state index contributed by atoms with van der Waals surface area (Å²) < 4.78 is 17.0. The standard InChI is InChI=1S/C20H23N3O3/c1-5-6-9-25-16-8-7-14(10-17(16)24-4)18-15(11-21)12(2)26-20-19(18)22-13(3)23-20/h7-8,10,18H,5-6,9H2,1-4H3,(H,22,23)/t18-/m1/s1. The molecule has 1 aromatic carbocycles. The quantitative estimate of drug-likeness (QED) is 0.786. The van der Waals surface area contributed by atoms with E-state index < -0.39 is 0 Å². The fourth-order valence-electron chi connectivity index (χ4n) is 3.10. The lowest BCUT2D eigenvalue weighted by Gasteiger charge is -2.24. The van der Waals surface area contributed by atoms with Gasteiger partial charge in [-0.3, -0.25) is 0 Å². The molecular formula is C20H23N3O3. The number of ether oxygens (including phenoxy) is 3. The third-order valence-corrected chi connectivity index (χ3v) is 4.42. The molecule has 0 spiro atoms. The van der Waals surface area contributed by atoms with Crippen LogP contribution in [-0.4, -0.2) is 23.7 Å². The second-order valence-electron chi connectivity index (χ2n) is 6.27. The van der Waals surface area contributed by atoms with Gasteiger partial charge in [0.1, 0.15) is 11.6 Å². The number of aryl methyl sites for hydroxylation is 1. The van der Waals surface area contributed by atoms with Gasteiger partial charge < -0.3 is 19.2 Å². The lowest BCUT2D eigenvalue weighted by molar-refractivity contribution is 0.288. The van der Waals surface area contributed by atoms with Crippen molar-refractivity contribution in [3.63, 3.8) is 0 Å². The third kappa shape index (κ3) is 3.25. The van der Waals surface area contributed by atoms with Gasteiger partial charge in [0, 0.05) is 0 Å². The number of nitrogens with one attached hydrogen (secondary N) is 1. The highest BCUT2D eigenvalue weighted by molar-refractivity contribution is 5.54. The molecule has 1 aliphatic heterocycles. The van der Waals surface area contributed by atoms with E-state index in [1.165, 1.54) is 0 Å². The number of rotatable bonds is 6. The molecule has 3 rings (SSSR count). The van der Waals surface area contributed by atoms with E-state index in [0.29, 0.717) is 35.3 Å². The fraction of sp³-hybridized carbons (Fsp3) is 0.400. The number of hydrogen-bond donors (Lipinski definition) is 1. The maximum absolute atomic E-state index is 9.67. The van der Waals surface area contributed by atoms with Crippen LogP contribution in [-0.2, 0) is 0 Å². The first-order valence-corrected chi connectivity index (χ1v) is 8.75. The van der Waals surface area contributed by atoms with E-state index in [1.807, 2.05) is 25.1 Å². The number of H-pyrrole nitrogens is 1. The normalized spacial score (nSPS) is 15.9. The van der Waals surface area contributed by atoms with Crippen LogP contribution in [0.2, 0.25) is 0 Å². The van der Waals surface area contributed by atoms with E-state index in [4.69, 9.17) is 14.2 Å². The van der Waals surface area contributed by atoms with Crippen LogP contribution in [0.15, 0.2) is 29.5 Å². The number of hydrogen-bond acceptors (Lipinski definition) is 5. The Morgan fingerprint density at radius 2 is 2.12 bits per heavy atom. The third-order valence-electron chi connectivity index (χ3n) is 4.42. The summed E-state index contributed by atoms with van der Waals surface area (Å²) in [5, 5.41) is 9.67. The Morgan fingerprint density at radius 1 is 1.31 bits per heavy atom. The molecule has 0 fully saturated rings. The predicted octanol–water partition coefficient (Wildman–Crippen LogP) is 4.23. The number of aromatic nitrogens is 2. The summed E-state index contributed by atoms with van der Waals surface area (Å²) >= 11 is 0. The molecule has 1 aromatic heterocycles. The smallest absolute Gasteiger partial charge is 0.241 e. The number of methoxy groups -OCH3 is 1. The summed E-state index contributed by atoms with van der Waals surface area (Å²) in [5.74, 6) is 2.92. The van der Waals surface area contributed by atoms with Gasteiger partial charge in [0.05, 0.1) is 37.0 Å². The summed E-state index contributed by atoms with van der Waals surface area (Å²) in [6.07, 6.45) is 2.06. The molecule has 0 radical (unpaired) electrons. The second-order valence-corrected chi connectivity index (χ2v) is 6.27. The summed E-state index contributed by atoms with van der Waals surface area (Å²) in [6.45, 7) is 6.43. The molecule has 136 valence electrons. The van der Waals surface area contributed by atoms with Crippen LogP contribution in [0.1, 0.15) is 49.7 Å². The van der Waals surface area contributed by atoms with E-state index in [2.05, 4.69) is 23.0 Å². The molecule has 1 atom stereocenters. The van der Waals surface area contributed by atoms with Crippen LogP contribution in [0.3, 0.4) is 0 Å². The molecule has 1 aliphatic rings. The largest absolute Gasteiger partial charge is 0.493 e. The molecule has 1 N–H and O–H groups in total. The number of unbranched alkanes of at least 4 members (excludes halogenated alkanes) is 1. The highest BCUT2D eigenvalue weighted by Gasteiger charge is 2.33. The van der Waals surface area contributed by atoms with Crippen molar-refractivity contribution in [2.75, 3.05) is 13.7 Å². The molecule has 0 saturated carbocycles. The van der Waals surface area contributed by atoms with Crippen molar-refractivity contribution in [3.05, 3.63) is 46.6 Å². The van der Waals surface area contributed by atoms with Gasteiger partial charge in [-0.25, -0.2) is 0 Å². The molecule has 26 heavy (non-hydrogen) atoms. The number of nitrogens with zero attached hydrogens (tertiary/aromatic N) is 2. The first-order chi connectivity index (χ1) is 12.6. The number of imidazole rings is 1. The van der Waals surface area contributed by atoms with Crippen LogP contribution >= 0.6 is 0 Å². The molecule has 2 aromatic rings. The maximum atomic E-state index is 9.67. The number of aromatic amines is 1. The van der Waals surface area contributed by atoms with Crippen molar-refractivity contribution >= 4 is 0 Å². The summed E-state index contributed by atoms with van der Waals surface area (Å²) in [7, 11) is 1.62. The van der Waals surface area contributed by atoms with Crippen molar-refractivity contribution < 1.29 is 14.2 Å². The Bertz CT molecular complexity index is 877. The molecule has 0 saturated heterocycles. The highest BCUT2D eigenvalue weighted by atomic mass is 16.5. The molecule has 6 heteroatoms. The Labute approximate surface area is 153 Å². The van der Waals surface area contributed by atoms with E-state index in [-0.39, 0.29) is 5.92 Å². The lowest BCUT2D eigenvalue weighted by Crippen LogP contribution is -2.15. The van der Waals surface area contributed by atoms with Crippen molar-refractivity contribution in [3.8, 4) is 23.4 Å². The van der Waals surface area contributed by atoms with Crippen LogP contribution in [0.4, 0.5) is 0 Å². The minimum Gasteiger partial charge on any atom is -0.493 e. The van der Waals surface area contributed by atoms with E-state index in [0.717, 1.165) is 29.9 Å². The van der Waals surface area contributed by atoms with Crippen LogP contribution in [0.5, 0.6) is 17.4 Å². The van der Waals surface area contributed by atoms with Crippen molar-refractivity contribution in [2.45, 2.75) is 39.5 Å². The second kappa shape index (κ2) is 7.52. The first kappa shape index (κ1) is 17.9. The van der Waals surface area contributed by atoms with Gasteiger partial charge in [0.2, 0.25) is 5.88 Å². The Balaban J connectivity index is 2.03. The zero-order valence-electron chi connectivity index (χ0n) is 15.5. The zero-order valence-corrected chi connectivity index (χ0v) is 15.5. The number of allylic oxidation sites excluding steroid dienone is 2. The minimum atomic E-state index is -0.274.